The summed E-state index contributed by atoms with van der Waals surface area (Å²) in [4.78, 5) is 7.20. The van der Waals surface area contributed by atoms with Gasteiger partial charge in [0.1, 0.15) is 5.82 Å². The van der Waals surface area contributed by atoms with Crippen LogP contribution in [0.15, 0.2) is 16.6 Å². The van der Waals surface area contributed by atoms with Crippen LogP contribution in [0.3, 0.4) is 0 Å². The molecule has 2 saturated heterocycles. The first kappa shape index (κ1) is 11.8. The molecule has 0 aromatic carbocycles. The normalized spacial score (nSPS) is 31.9. The first-order valence-corrected chi connectivity index (χ1v) is 7.43. The van der Waals surface area contributed by atoms with Crippen molar-refractivity contribution in [2.75, 3.05) is 4.90 Å². The van der Waals surface area contributed by atoms with Gasteiger partial charge in [0, 0.05) is 21.9 Å². The lowest BCUT2D eigenvalue weighted by molar-refractivity contribution is 0.470. The molecule has 4 heteroatoms. The predicted molar refractivity (Wildman–Crippen MR) is 74.8 cm³/mol. The molecule has 0 radical (unpaired) electrons. The largest absolute Gasteiger partial charge is 0.351 e. The molecular weight excluding hydrogens is 300 g/mol. The van der Waals surface area contributed by atoms with Crippen LogP contribution >= 0.6 is 27.5 Å². The molecule has 0 saturated carbocycles. The van der Waals surface area contributed by atoms with Crippen molar-refractivity contribution < 1.29 is 0 Å². The molecule has 0 aliphatic carbocycles. The predicted octanol–water partition coefficient (Wildman–Crippen LogP) is 3.89. The van der Waals surface area contributed by atoms with Gasteiger partial charge in [-0.2, -0.15) is 0 Å². The molecular formula is C13H16BrClN2. The van der Waals surface area contributed by atoms with Crippen molar-refractivity contribution in [2.45, 2.75) is 50.1 Å². The Balaban J connectivity index is 1.92. The molecule has 0 amide bonds. The van der Waals surface area contributed by atoms with Crippen molar-refractivity contribution in [1.82, 2.24) is 4.98 Å². The van der Waals surface area contributed by atoms with Crippen LogP contribution in [-0.4, -0.2) is 22.4 Å². The second-order valence-corrected chi connectivity index (χ2v) is 6.57. The van der Waals surface area contributed by atoms with Crippen LogP contribution in [0.1, 0.15) is 31.4 Å². The number of piperidine rings is 1. The van der Waals surface area contributed by atoms with E-state index in [0.717, 1.165) is 28.8 Å². The van der Waals surface area contributed by atoms with E-state index in [2.05, 4.69) is 33.0 Å². The zero-order valence-electron chi connectivity index (χ0n) is 9.87. The number of fused-ring (bicyclic) bond motifs is 2. The third kappa shape index (κ3) is 2.08. The van der Waals surface area contributed by atoms with Gasteiger partial charge in [0.25, 0.3) is 0 Å². The number of aromatic nitrogens is 1. The Labute approximate surface area is 115 Å². The number of nitrogens with zero attached hydrogens (tertiary/aromatic N) is 2. The molecule has 17 heavy (non-hydrogen) atoms. The van der Waals surface area contributed by atoms with Crippen LogP contribution in [0.2, 0.25) is 0 Å². The van der Waals surface area contributed by atoms with E-state index in [-0.39, 0.29) is 0 Å². The van der Waals surface area contributed by atoms with Gasteiger partial charge in [0.2, 0.25) is 0 Å². The van der Waals surface area contributed by atoms with E-state index in [1.165, 1.54) is 12.8 Å². The maximum absolute atomic E-state index is 6.30. The maximum atomic E-state index is 6.30. The second-order valence-electron chi connectivity index (χ2n) is 5.10. The topological polar surface area (TPSA) is 16.1 Å². The summed E-state index contributed by atoms with van der Waals surface area (Å²) in [5.74, 6) is 1.13. The van der Waals surface area contributed by atoms with E-state index in [1.54, 1.807) is 0 Å². The van der Waals surface area contributed by atoms with E-state index in [0.29, 0.717) is 17.5 Å². The van der Waals surface area contributed by atoms with Crippen molar-refractivity contribution in [2.24, 2.45) is 0 Å². The minimum absolute atomic E-state index is 0.361. The molecule has 0 spiro atoms. The summed E-state index contributed by atoms with van der Waals surface area (Å²) in [5.41, 5.74) is 1.06. The summed E-state index contributed by atoms with van der Waals surface area (Å²) in [6, 6.07) is 5.43. The lowest BCUT2D eigenvalue weighted by atomic mass is 10.0. The van der Waals surface area contributed by atoms with Gasteiger partial charge in [-0.3, -0.25) is 0 Å². The Morgan fingerprint density at radius 2 is 1.94 bits per heavy atom. The van der Waals surface area contributed by atoms with E-state index in [1.807, 2.05) is 6.92 Å². The van der Waals surface area contributed by atoms with Crippen molar-refractivity contribution in [3.05, 3.63) is 22.3 Å². The number of hydrogen-bond acceptors (Lipinski definition) is 2. The van der Waals surface area contributed by atoms with Gasteiger partial charge < -0.3 is 4.90 Å². The fourth-order valence-electron chi connectivity index (χ4n) is 3.16. The molecule has 2 unspecified atom stereocenters. The molecule has 2 aliphatic rings. The van der Waals surface area contributed by atoms with Crippen molar-refractivity contribution >= 4 is 33.3 Å². The summed E-state index contributed by atoms with van der Waals surface area (Å²) in [7, 11) is 0. The van der Waals surface area contributed by atoms with E-state index in [4.69, 9.17) is 16.6 Å². The van der Waals surface area contributed by atoms with Gasteiger partial charge in [0.05, 0.1) is 5.69 Å². The van der Waals surface area contributed by atoms with Crippen LogP contribution in [0.25, 0.3) is 0 Å². The minimum atomic E-state index is 0.361. The standard InChI is InChI=1S/C13H16BrClN2/c1-8-12(14)4-5-13(16-8)17-10-2-3-11(17)7-9(15)6-10/h4-5,9-11H,2-3,6-7H2,1H3. The molecule has 3 rings (SSSR count). The molecule has 2 aliphatic heterocycles. The fraction of sp³-hybridized carbons (Fsp3) is 0.615. The number of anilines is 1. The lowest BCUT2D eigenvalue weighted by Crippen LogP contribution is -2.43. The highest BCUT2D eigenvalue weighted by molar-refractivity contribution is 9.10. The van der Waals surface area contributed by atoms with E-state index < -0.39 is 0 Å². The highest BCUT2D eigenvalue weighted by Crippen LogP contribution is 2.40. The van der Waals surface area contributed by atoms with Crippen LogP contribution in [-0.2, 0) is 0 Å². The lowest BCUT2D eigenvalue weighted by Gasteiger charge is -2.38. The van der Waals surface area contributed by atoms with E-state index in [9.17, 15) is 0 Å². The Bertz CT molecular complexity index is 423. The number of rotatable bonds is 1. The molecule has 0 N–H and O–H groups in total. The number of hydrogen-bond donors (Lipinski definition) is 0. The number of halogens is 2. The van der Waals surface area contributed by atoms with Crippen LogP contribution < -0.4 is 4.90 Å². The van der Waals surface area contributed by atoms with Crippen molar-refractivity contribution in [3.63, 3.8) is 0 Å². The highest BCUT2D eigenvalue weighted by atomic mass is 79.9. The van der Waals surface area contributed by atoms with Crippen LogP contribution in [0, 0.1) is 6.92 Å². The minimum Gasteiger partial charge on any atom is -0.351 e. The molecule has 92 valence electrons. The van der Waals surface area contributed by atoms with Gasteiger partial charge in [-0.1, -0.05) is 0 Å². The molecule has 2 bridgehead atoms. The third-order valence-electron chi connectivity index (χ3n) is 3.95. The first-order chi connectivity index (χ1) is 8.15. The van der Waals surface area contributed by atoms with Gasteiger partial charge in [-0.05, 0) is 60.7 Å². The fourth-order valence-corrected chi connectivity index (χ4v) is 3.79. The Morgan fingerprint density at radius 1 is 1.29 bits per heavy atom. The number of alkyl halides is 1. The van der Waals surface area contributed by atoms with Gasteiger partial charge >= 0.3 is 0 Å². The third-order valence-corrected chi connectivity index (χ3v) is 5.14. The Kier molecular flexibility index (Phi) is 3.07. The van der Waals surface area contributed by atoms with Gasteiger partial charge in [0.15, 0.2) is 0 Å². The zero-order chi connectivity index (χ0) is 12.0. The Morgan fingerprint density at radius 3 is 2.53 bits per heavy atom. The molecule has 1 aromatic heterocycles. The number of aryl methyl sites for hydroxylation is 1. The van der Waals surface area contributed by atoms with Crippen LogP contribution in [0.4, 0.5) is 5.82 Å². The molecule has 2 fully saturated rings. The number of pyridine rings is 1. The summed E-state index contributed by atoms with van der Waals surface area (Å²) in [6.45, 7) is 2.05. The summed E-state index contributed by atoms with van der Waals surface area (Å²) >= 11 is 9.81. The molecule has 2 atom stereocenters. The van der Waals surface area contributed by atoms with Crippen LogP contribution in [0.5, 0.6) is 0 Å². The quantitative estimate of drug-likeness (QED) is 0.731. The van der Waals surface area contributed by atoms with E-state index >= 15 is 0 Å². The second kappa shape index (κ2) is 4.43. The molecule has 3 heterocycles. The summed E-state index contributed by atoms with van der Waals surface area (Å²) < 4.78 is 1.08. The SMILES string of the molecule is Cc1nc(N2C3CCC2CC(Cl)C3)ccc1Br. The smallest absolute Gasteiger partial charge is 0.129 e. The highest BCUT2D eigenvalue weighted by Gasteiger charge is 2.40. The average Bonchev–Trinajstić information content (AvgIpc) is 2.55. The first-order valence-electron chi connectivity index (χ1n) is 6.20. The molecule has 2 nitrogen and oxygen atoms in total. The average molecular weight is 316 g/mol. The Hall–Kier alpha value is -0.280. The molecule has 1 aromatic rings. The summed E-state index contributed by atoms with van der Waals surface area (Å²) in [5, 5.41) is 0.361. The van der Waals surface area contributed by atoms with Gasteiger partial charge in [-0.25, -0.2) is 4.98 Å². The zero-order valence-corrected chi connectivity index (χ0v) is 12.2. The van der Waals surface area contributed by atoms with Crippen molar-refractivity contribution in [3.8, 4) is 0 Å². The summed E-state index contributed by atoms with van der Waals surface area (Å²) in [6.07, 6.45) is 4.75. The maximum Gasteiger partial charge on any atom is 0.129 e. The van der Waals surface area contributed by atoms with Gasteiger partial charge in [-0.15, -0.1) is 11.6 Å². The van der Waals surface area contributed by atoms with Crippen molar-refractivity contribution in [1.29, 1.82) is 0 Å². The monoisotopic (exact) mass is 314 g/mol.